The van der Waals surface area contributed by atoms with Crippen LogP contribution in [0.4, 0.5) is 0 Å². The lowest BCUT2D eigenvalue weighted by Gasteiger charge is -2.65. The molecule has 6 fully saturated rings. The van der Waals surface area contributed by atoms with Crippen molar-refractivity contribution < 1.29 is 0 Å². The average Bonchev–Trinajstić information content (AvgIpc) is 3.07. The summed E-state index contributed by atoms with van der Waals surface area (Å²) >= 11 is 0. The summed E-state index contributed by atoms with van der Waals surface area (Å²) in [7, 11) is 0. The average molecular weight is 284 g/mol. The standard InChI is InChI=1S/C21H32/c1-4-14-5-2-8-17-19-11-13-10-15-6-3-9-18(21(15,19)12-13)16(7-1)20(14)17/h13-20H,1-12H2. The van der Waals surface area contributed by atoms with Crippen LogP contribution in [-0.2, 0) is 0 Å². The fourth-order valence-electron chi connectivity index (χ4n) is 9.84. The van der Waals surface area contributed by atoms with Gasteiger partial charge in [-0.1, -0.05) is 32.1 Å². The second kappa shape index (κ2) is 4.09. The van der Waals surface area contributed by atoms with Crippen molar-refractivity contribution in [3.63, 3.8) is 0 Å². The molecule has 0 nitrogen and oxygen atoms in total. The van der Waals surface area contributed by atoms with Gasteiger partial charge in [-0.25, -0.2) is 0 Å². The van der Waals surface area contributed by atoms with Crippen molar-refractivity contribution in [3.8, 4) is 0 Å². The fourth-order valence-corrected chi connectivity index (χ4v) is 9.84. The predicted octanol–water partition coefficient (Wildman–Crippen LogP) is 5.67. The molecule has 9 atom stereocenters. The monoisotopic (exact) mass is 284 g/mol. The first-order valence-corrected chi connectivity index (χ1v) is 10.4. The van der Waals surface area contributed by atoms with Crippen LogP contribution in [-0.4, -0.2) is 0 Å². The third-order valence-electron chi connectivity index (χ3n) is 9.85. The molecule has 6 rings (SSSR count). The second-order valence-electron chi connectivity index (χ2n) is 10.0. The first kappa shape index (κ1) is 12.4. The van der Waals surface area contributed by atoms with Crippen LogP contribution < -0.4 is 0 Å². The van der Waals surface area contributed by atoms with Crippen LogP contribution >= 0.6 is 0 Å². The van der Waals surface area contributed by atoms with Gasteiger partial charge in [-0.2, -0.15) is 0 Å². The van der Waals surface area contributed by atoms with E-state index in [1.807, 2.05) is 0 Å². The summed E-state index contributed by atoms with van der Waals surface area (Å²) in [5.41, 5.74) is 0.897. The van der Waals surface area contributed by atoms with Gasteiger partial charge in [0.15, 0.2) is 0 Å². The lowest BCUT2D eigenvalue weighted by atomic mass is 9.39. The second-order valence-corrected chi connectivity index (χ2v) is 10.0. The number of rotatable bonds is 0. The summed E-state index contributed by atoms with van der Waals surface area (Å²) < 4.78 is 0. The molecule has 0 heterocycles. The Balaban J connectivity index is 1.49. The summed E-state index contributed by atoms with van der Waals surface area (Å²) in [5.74, 6) is 9.49. The number of fused-ring (bicyclic) bond motifs is 3. The third-order valence-corrected chi connectivity index (χ3v) is 9.85. The van der Waals surface area contributed by atoms with Crippen LogP contribution in [0.15, 0.2) is 0 Å². The van der Waals surface area contributed by atoms with E-state index in [0.717, 1.165) is 5.41 Å². The van der Waals surface area contributed by atoms with Crippen LogP contribution in [0.3, 0.4) is 0 Å². The molecule has 0 radical (unpaired) electrons. The minimum atomic E-state index is 0.897. The molecule has 0 aromatic heterocycles. The molecule has 0 saturated heterocycles. The van der Waals surface area contributed by atoms with E-state index in [4.69, 9.17) is 0 Å². The molecular formula is C21H32. The van der Waals surface area contributed by atoms with Gasteiger partial charge in [0.25, 0.3) is 0 Å². The molecule has 1 spiro atoms. The van der Waals surface area contributed by atoms with Gasteiger partial charge in [-0.15, -0.1) is 0 Å². The number of hydrogen-bond donors (Lipinski definition) is 0. The van der Waals surface area contributed by atoms with E-state index in [0.29, 0.717) is 0 Å². The van der Waals surface area contributed by atoms with Gasteiger partial charge in [-0.3, -0.25) is 0 Å². The van der Waals surface area contributed by atoms with Crippen molar-refractivity contribution in [1.82, 2.24) is 0 Å². The molecule has 2 bridgehead atoms. The highest BCUT2D eigenvalue weighted by Crippen LogP contribution is 2.76. The topological polar surface area (TPSA) is 0 Å². The molecule has 116 valence electrons. The zero-order valence-corrected chi connectivity index (χ0v) is 13.6. The van der Waals surface area contributed by atoms with Gasteiger partial charge in [-0.05, 0) is 97.7 Å². The van der Waals surface area contributed by atoms with Crippen LogP contribution in [0, 0.1) is 52.8 Å². The third kappa shape index (κ3) is 1.36. The zero-order valence-electron chi connectivity index (χ0n) is 13.6. The van der Waals surface area contributed by atoms with Gasteiger partial charge in [0, 0.05) is 0 Å². The maximum atomic E-state index is 1.69. The normalized spacial score (nSPS) is 64.0. The predicted molar refractivity (Wildman–Crippen MR) is 85.8 cm³/mol. The lowest BCUT2D eigenvalue weighted by molar-refractivity contribution is -0.169. The van der Waals surface area contributed by atoms with E-state index < -0.39 is 0 Å². The molecule has 6 saturated carbocycles. The highest BCUT2D eigenvalue weighted by molar-refractivity contribution is 5.18. The van der Waals surface area contributed by atoms with Gasteiger partial charge < -0.3 is 0 Å². The summed E-state index contributed by atoms with van der Waals surface area (Å²) in [6.45, 7) is 0. The van der Waals surface area contributed by atoms with E-state index in [-0.39, 0.29) is 0 Å². The molecule has 0 amide bonds. The molecule has 0 heteroatoms. The van der Waals surface area contributed by atoms with E-state index in [1.165, 1.54) is 47.3 Å². The molecule has 0 aromatic carbocycles. The van der Waals surface area contributed by atoms with E-state index in [9.17, 15) is 0 Å². The molecule has 21 heavy (non-hydrogen) atoms. The molecule has 6 aliphatic rings. The maximum Gasteiger partial charge on any atom is -0.0204 e. The Morgan fingerprint density at radius 3 is 2.29 bits per heavy atom. The van der Waals surface area contributed by atoms with Crippen LogP contribution in [0.5, 0.6) is 0 Å². The molecule has 0 aromatic rings. The summed E-state index contributed by atoms with van der Waals surface area (Å²) in [5, 5.41) is 0. The first-order chi connectivity index (χ1) is 10.4. The zero-order chi connectivity index (χ0) is 13.6. The van der Waals surface area contributed by atoms with Crippen LogP contribution in [0.2, 0.25) is 0 Å². The highest BCUT2D eigenvalue weighted by atomic mass is 14.7. The van der Waals surface area contributed by atoms with Crippen molar-refractivity contribution in [1.29, 1.82) is 0 Å². The van der Waals surface area contributed by atoms with Gasteiger partial charge in [0.05, 0.1) is 0 Å². The largest absolute Gasteiger partial charge is 0.0527 e. The Kier molecular flexibility index (Phi) is 2.42. The summed E-state index contributed by atoms with van der Waals surface area (Å²) in [4.78, 5) is 0. The highest BCUT2D eigenvalue weighted by Gasteiger charge is 2.69. The Labute approximate surface area is 130 Å². The summed E-state index contributed by atoms with van der Waals surface area (Å²) in [6, 6.07) is 0. The molecule has 0 N–H and O–H groups in total. The first-order valence-electron chi connectivity index (χ1n) is 10.4. The van der Waals surface area contributed by atoms with Gasteiger partial charge in [0.2, 0.25) is 0 Å². The molecule has 0 aliphatic heterocycles. The fraction of sp³-hybridized carbons (Fsp3) is 1.00. The SMILES string of the molecule is C1CC2CCCC3C2C(C1)C1CCCC2CC4CC3C21C4. The summed E-state index contributed by atoms with van der Waals surface area (Å²) in [6.07, 6.45) is 19.5. The van der Waals surface area contributed by atoms with Crippen molar-refractivity contribution in [2.24, 2.45) is 52.8 Å². The van der Waals surface area contributed by atoms with Crippen molar-refractivity contribution >= 4 is 0 Å². The van der Waals surface area contributed by atoms with Crippen molar-refractivity contribution in [2.45, 2.75) is 77.0 Å². The van der Waals surface area contributed by atoms with Crippen LogP contribution in [0.25, 0.3) is 0 Å². The Hall–Kier alpha value is 0. The van der Waals surface area contributed by atoms with Gasteiger partial charge in [0.1, 0.15) is 0 Å². The van der Waals surface area contributed by atoms with Crippen LogP contribution in [0.1, 0.15) is 77.0 Å². The molecular weight excluding hydrogens is 252 g/mol. The minimum absolute atomic E-state index is 0.897. The Morgan fingerprint density at radius 2 is 1.43 bits per heavy atom. The van der Waals surface area contributed by atoms with E-state index in [2.05, 4.69) is 0 Å². The lowest BCUT2D eigenvalue weighted by Crippen LogP contribution is -2.59. The molecule has 6 aliphatic carbocycles. The van der Waals surface area contributed by atoms with E-state index in [1.54, 1.807) is 77.0 Å². The number of hydrogen-bond acceptors (Lipinski definition) is 0. The maximum absolute atomic E-state index is 1.69. The van der Waals surface area contributed by atoms with Gasteiger partial charge >= 0.3 is 0 Å². The smallest absolute Gasteiger partial charge is 0.0204 e. The van der Waals surface area contributed by atoms with Crippen molar-refractivity contribution in [2.75, 3.05) is 0 Å². The minimum Gasteiger partial charge on any atom is -0.0527 e. The van der Waals surface area contributed by atoms with Crippen molar-refractivity contribution in [3.05, 3.63) is 0 Å². The van der Waals surface area contributed by atoms with E-state index >= 15 is 0 Å². The Morgan fingerprint density at radius 1 is 0.667 bits per heavy atom. The Bertz CT molecular complexity index is 451. The quantitative estimate of drug-likeness (QED) is 0.538. The molecule has 9 unspecified atom stereocenters.